The smallest absolute Gasteiger partial charge is 0.224 e. The molecule has 0 aliphatic rings. The fraction of sp³-hybridized carbons (Fsp3) is 0.429. The van der Waals surface area contributed by atoms with Gasteiger partial charge in [-0.1, -0.05) is 12.1 Å². The highest BCUT2D eigenvalue weighted by Crippen LogP contribution is 2.13. The molecule has 0 unspecified atom stereocenters. The summed E-state index contributed by atoms with van der Waals surface area (Å²) in [5.41, 5.74) is 1.93. The van der Waals surface area contributed by atoms with Crippen LogP contribution in [0.2, 0.25) is 0 Å². The van der Waals surface area contributed by atoms with Crippen LogP contribution in [0, 0.1) is 0 Å². The molecule has 5 heteroatoms. The number of rotatable bonds is 6. The van der Waals surface area contributed by atoms with E-state index in [1.54, 1.807) is 0 Å². The molecule has 0 saturated carbocycles. The molecule has 0 aliphatic carbocycles. The van der Waals surface area contributed by atoms with E-state index in [1.165, 1.54) is 0 Å². The van der Waals surface area contributed by atoms with Crippen molar-refractivity contribution in [2.24, 2.45) is 0 Å². The summed E-state index contributed by atoms with van der Waals surface area (Å²) in [6, 6.07) is 7.86. The van der Waals surface area contributed by atoms with Crippen LogP contribution in [0.4, 0.5) is 5.95 Å². The number of hydrogen-bond acceptors (Lipinski definition) is 3. The Bertz CT molecular complexity index is 512. The highest BCUT2D eigenvalue weighted by molar-refractivity contribution is 5.78. The van der Waals surface area contributed by atoms with Gasteiger partial charge in [0.05, 0.1) is 11.0 Å². The zero-order valence-corrected chi connectivity index (χ0v) is 11.4. The van der Waals surface area contributed by atoms with Crippen LogP contribution in [0.3, 0.4) is 0 Å². The van der Waals surface area contributed by atoms with E-state index in [2.05, 4.69) is 15.3 Å². The molecule has 0 aliphatic heterocycles. The summed E-state index contributed by atoms with van der Waals surface area (Å²) in [4.78, 5) is 21.2. The van der Waals surface area contributed by atoms with Crippen molar-refractivity contribution in [2.45, 2.75) is 20.3 Å². The van der Waals surface area contributed by atoms with Crippen molar-refractivity contribution >= 4 is 22.9 Å². The van der Waals surface area contributed by atoms with Crippen molar-refractivity contribution < 1.29 is 4.79 Å². The van der Waals surface area contributed by atoms with Crippen molar-refractivity contribution in [2.75, 3.05) is 25.0 Å². The summed E-state index contributed by atoms with van der Waals surface area (Å²) in [5, 5.41) is 3.15. The number of nitrogens with one attached hydrogen (secondary N) is 2. The molecule has 1 heterocycles. The van der Waals surface area contributed by atoms with Crippen LogP contribution in [0.5, 0.6) is 0 Å². The largest absolute Gasteiger partial charge is 0.355 e. The quantitative estimate of drug-likeness (QED) is 0.837. The molecule has 19 heavy (non-hydrogen) atoms. The maximum atomic E-state index is 11.8. The number of fused-ring (bicyclic) bond motifs is 1. The lowest BCUT2D eigenvalue weighted by Gasteiger charge is -2.18. The van der Waals surface area contributed by atoms with Crippen LogP contribution >= 0.6 is 0 Å². The number of carbonyl (C=O) groups is 1. The maximum absolute atomic E-state index is 11.8. The molecule has 0 saturated heterocycles. The average Bonchev–Trinajstić information content (AvgIpc) is 2.82. The van der Waals surface area contributed by atoms with E-state index in [1.807, 2.05) is 43.0 Å². The van der Waals surface area contributed by atoms with E-state index in [0.717, 1.165) is 24.1 Å². The van der Waals surface area contributed by atoms with Crippen molar-refractivity contribution in [3.63, 3.8) is 0 Å². The first-order chi connectivity index (χ1) is 9.24. The topological polar surface area (TPSA) is 61.0 Å². The first-order valence-electron chi connectivity index (χ1n) is 6.71. The highest BCUT2D eigenvalue weighted by atomic mass is 16.2. The van der Waals surface area contributed by atoms with Crippen LogP contribution in [0.1, 0.15) is 20.3 Å². The number of imidazole rings is 1. The van der Waals surface area contributed by atoms with E-state index in [0.29, 0.717) is 18.9 Å². The predicted octanol–water partition coefficient (Wildman–Crippen LogP) is 2.23. The van der Waals surface area contributed by atoms with Crippen molar-refractivity contribution in [1.82, 2.24) is 14.9 Å². The van der Waals surface area contributed by atoms with Crippen LogP contribution in [-0.4, -0.2) is 40.4 Å². The van der Waals surface area contributed by atoms with Crippen molar-refractivity contribution in [3.8, 4) is 0 Å². The SMILES string of the molecule is CCN(CC)C(=O)CCNc1nc2ccccc2[nH]1. The standard InChI is InChI=1S/C14H20N4O/c1-3-18(4-2)13(19)9-10-15-14-16-11-7-5-6-8-12(11)17-14/h5-8H,3-4,9-10H2,1-2H3,(H2,15,16,17). The molecule has 102 valence electrons. The van der Waals surface area contributed by atoms with Gasteiger partial charge >= 0.3 is 0 Å². The van der Waals surface area contributed by atoms with Crippen LogP contribution in [0.15, 0.2) is 24.3 Å². The minimum atomic E-state index is 0.175. The lowest BCUT2D eigenvalue weighted by molar-refractivity contribution is -0.130. The Morgan fingerprint density at radius 1 is 1.32 bits per heavy atom. The first kappa shape index (κ1) is 13.4. The molecule has 1 aromatic heterocycles. The third-order valence-corrected chi connectivity index (χ3v) is 3.14. The van der Waals surface area contributed by atoms with E-state index in [9.17, 15) is 4.79 Å². The summed E-state index contributed by atoms with van der Waals surface area (Å²) >= 11 is 0. The number of H-pyrrole nitrogens is 1. The molecule has 1 amide bonds. The lowest BCUT2D eigenvalue weighted by Crippen LogP contribution is -2.31. The van der Waals surface area contributed by atoms with Gasteiger partial charge in [-0.25, -0.2) is 4.98 Å². The number of anilines is 1. The summed E-state index contributed by atoms with van der Waals surface area (Å²) in [6.45, 7) is 6.11. The maximum Gasteiger partial charge on any atom is 0.224 e. The molecular formula is C14H20N4O. The number of carbonyl (C=O) groups excluding carboxylic acids is 1. The van der Waals surface area contributed by atoms with Crippen LogP contribution < -0.4 is 5.32 Å². The first-order valence-corrected chi connectivity index (χ1v) is 6.71. The van der Waals surface area contributed by atoms with E-state index < -0.39 is 0 Å². The number of para-hydroxylation sites is 2. The fourth-order valence-electron chi connectivity index (χ4n) is 2.06. The predicted molar refractivity (Wildman–Crippen MR) is 77.1 cm³/mol. The third-order valence-electron chi connectivity index (χ3n) is 3.14. The van der Waals surface area contributed by atoms with E-state index in [-0.39, 0.29) is 5.91 Å². The Morgan fingerprint density at radius 3 is 2.74 bits per heavy atom. The molecular weight excluding hydrogens is 240 g/mol. The van der Waals surface area contributed by atoms with Gasteiger partial charge in [0.2, 0.25) is 11.9 Å². The van der Waals surface area contributed by atoms with Crippen LogP contribution in [0.25, 0.3) is 11.0 Å². The van der Waals surface area contributed by atoms with E-state index in [4.69, 9.17) is 0 Å². The van der Waals surface area contributed by atoms with Gasteiger partial charge in [0.25, 0.3) is 0 Å². The summed E-state index contributed by atoms with van der Waals surface area (Å²) in [7, 11) is 0. The third kappa shape index (κ3) is 3.24. The monoisotopic (exact) mass is 260 g/mol. The van der Waals surface area contributed by atoms with Gasteiger partial charge in [0, 0.05) is 26.1 Å². The van der Waals surface area contributed by atoms with Gasteiger partial charge in [0.15, 0.2) is 0 Å². The number of aromatic amines is 1. The molecule has 2 rings (SSSR count). The zero-order valence-electron chi connectivity index (χ0n) is 11.4. The van der Waals surface area contributed by atoms with Gasteiger partial charge in [-0.05, 0) is 26.0 Å². The van der Waals surface area contributed by atoms with Gasteiger partial charge in [-0.15, -0.1) is 0 Å². The van der Waals surface area contributed by atoms with Gasteiger partial charge in [0.1, 0.15) is 0 Å². The second-order valence-electron chi connectivity index (χ2n) is 4.35. The number of nitrogens with zero attached hydrogens (tertiary/aromatic N) is 2. The Morgan fingerprint density at radius 2 is 2.05 bits per heavy atom. The Balaban J connectivity index is 1.87. The number of amides is 1. The number of aromatic nitrogens is 2. The molecule has 0 spiro atoms. The van der Waals surface area contributed by atoms with Gasteiger partial charge in [-0.2, -0.15) is 0 Å². The summed E-state index contributed by atoms with van der Waals surface area (Å²) in [5.74, 6) is 0.891. The van der Waals surface area contributed by atoms with Crippen molar-refractivity contribution in [1.29, 1.82) is 0 Å². The number of hydrogen-bond donors (Lipinski definition) is 2. The van der Waals surface area contributed by atoms with Gasteiger partial charge < -0.3 is 15.2 Å². The van der Waals surface area contributed by atoms with Gasteiger partial charge in [-0.3, -0.25) is 4.79 Å². The summed E-state index contributed by atoms with van der Waals surface area (Å²) < 4.78 is 0. The Labute approximate surface area is 113 Å². The van der Waals surface area contributed by atoms with Crippen LogP contribution in [-0.2, 0) is 4.79 Å². The Kier molecular flexibility index (Phi) is 4.39. The molecule has 0 bridgehead atoms. The van der Waals surface area contributed by atoms with Crippen molar-refractivity contribution in [3.05, 3.63) is 24.3 Å². The molecule has 0 atom stereocenters. The molecule has 2 N–H and O–H groups in total. The summed E-state index contributed by atoms with van der Waals surface area (Å²) in [6.07, 6.45) is 0.485. The highest BCUT2D eigenvalue weighted by Gasteiger charge is 2.09. The molecule has 5 nitrogen and oxygen atoms in total. The molecule has 1 aromatic carbocycles. The minimum absolute atomic E-state index is 0.175. The Hall–Kier alpha value is -2.04. The lowest BCUT2D eigenvalue weighted by atomic mass is 10.3. The molecule has 0 radical (unpaired) electrons. The number of benzene rings is 1. The molecule has 0 fully saturated rings. The second kappa shape index (κ2) is 6.22. The fourth-order valence-corrected chi connectivity index (χ4v) is 2.06. The second-order valence-corrected chi connectivity index (χ2v) is 4.35. The zero-order chi connectivity index (χ0) is 13.7. The normalized spacial score (nSPS) is 10.6. The van der Waals surface area contributed by atoms with E-state index >= 15 is 0 Å². The molecule has 2 aromatic rings. The minimum Gasteiger partial charge on any atom is -0.355 e. The average molecular weight is 260 g/mol.